The lowest BCUT2D eigenvalue weighted by Crippen LogP contribution is -2.43. The van der Waals surface area contributed by atoms with Gasteiger partial charge in [0.05, 0.1) is 11.6 Å². The Morgan fingerprint density at radius 2 is 2.00 bits per heavy atom. The van der Waals surface area contributed by atoms with Crippen molar-refractivity contribution in [1.29, 1.82) is 5.26 Å². The van der Waals surface area contributed by atoms with Crippen molar-refractivity contribution >= 4 is 5.82 Å². The van der Waals surface area contributed by atoms with Gasteiger partial charge in [0.15, 0.2) is 0 Å². The summed E-state index contributed by atoms with van der Waals surface area (Å²) in [4.78, 5) is 6.81. The fourth-order valence-electron chi connectivity index (χ4n) is 2.44. The van der Waals surface area contributed by atoms with E-state index in [4.69, 9.17) is 10.00 Å². The molecule has 1 aromatic heterocycles. The summed E-state index contributed by atoms with van der Waals surface area (Å²) < 4.78 is 5.76. The van der Waals surface area contributed by atoms with Crippen LogP contribution in [0.15, 0.2) is 42.5 Å². The van der Waals surface area contributed by atoms with Crippen LogP contribution in [0.2, 0.25) is 0 Å². The summed E-state index contributed by atoms with van der Waals surface area (Å²) in [5.74, 6) is 1.56. The SMILES string of the molecule is N#Cc1cccc(COc2cccc(N3CCNCC3)n2)c1. The Bertz CT molecular complexity index is 674. The molecule has 112 valence electrons. The summed E-state index contributed by atoms with van der Waals surface area (Å²) in [6.45, 7) is 4.29. The van der Waals surface area contributed by atoms with Crippen LogP contribution in [0.1, 0.15) is 11.1 Å². The van der Waals surface area contributed by atoms with Gasteiger partial charge in [-0.15, -0.1) is 0 Å². The minimum atomic E-state index is 0.410. The van der Waals surface area contributed by atoms with Gasteiger partial charge in [-0.1, -0.05) is 18.2 Å². The van der Waals surface area contributed by atoms with Crippen molar-refractivity contribution < 1.29 is 4.74 Å². The Hall–Kier alpha value is -2.58. The van der Waals surface area contributed by atoms with E-state index in [1.165, 1.54) is 0 Å². The second-order valence-electron chi connectivity index (χ2n) is 5.17. The van der Waals surface area contributed by atoms with Crippen molar-refractivity contribution in [3.8, 4) is 11.9 Å². The maximum atomic E-state index is 8.91. The molecule has 1 fully saturated rings. The van der Waals surface area contributed by atoms with Gasteiger partial charge in [0.25, 0.3) is 0 Å². The molecule has 3 rings (SSSR count). The first-order valence-corrected chi connectivity index (χ1v) is 7.40. The Kier molecular flexibility index (Phi) is 4.52. The van der Waals surface area contributed by atoms with Crippen molar-refractivity contribution in [2.45, 2.75) is 6.61 Å². The van der Waals surface area contributed by atoms with Crippen LogP contribution in [-0.2, 0) is 6.61 Å². The van der Waals surface area contributed by atoms with Crippen molar-refractivity contribution in [1.82, 2.24) is 10.3 Å². The molecule has 0 atom stereocenters. The van der Waals surface area contributed by atoms with Crippen LogP contribution in [0, 0.1) is 11.3 Å². The summed E-state index contributed by atoms with van der Waals surface area (Å²) in [6.07, 6.45) is 0. The molecule has 0 amide bonds. The molecule has 1 aliphatic rings. The molecule has 1 aromatic carbocycles. The number of pyridine rings is 1. The molecule has 1 aliphatic heterocycles. The minimum Gasteiger partial charge on any atom is -0.473 e. The smallest absolute Gasteiger partial charge is 0.215 e. The number of nitriles is 1. The maximum Gasteiger partial charge on any atom is 0.215 e. The van der Waals surface area contributed by atoms with Crippen LogP contribution in [0.5, 0.6) is 5.88 Å². The Balaban J connectivity index is 1.66. The number of anilines is 1. The summed E-state index contributed by atoms with van der Waals surface area (Å²) in [6, 6.07) is 15.4. The quantitative estimate of drug-likeness (QED) is 0.934. The Morgan fingerprint density at radius 1 is 1.18 bits per heavy atom. The lowest BCUT2D eigenvalue weighted by atomic mass is 10.1. The third kappa shape index (κ3) is 3.54. The number of aromatic nitrogens is 1. The van der Waals surface area contributed by atoms with Crippen molar-refractivity contribution in [3.05, 3.63) is 53.6 Å². The molecule has 5 nitrogen and oxygen atoms in total. The molecule has 0 bridgehead atoms. The van der Waals surface area contributed by atoms with Gasteiger partial charge in [-0.25, -0.2) is 0 Å². The second kappa shape index (κ2) is 6.92. The van der Waals surface area contributed by atoms with Gasteiger partial charge in [0.1, 0.15) is 12.4 Å². The number of benzene rings is 1. The molecule has 2 aromatic rings. The van der Waals surface area contributed by atoms with Gasteiger partial charge in [0.2, 0.25) is 5.88 Å². The number of rotatable bonds is 4. The van der Waals surface area contributed by atoms with E-state index in [1.54, 1.807) is 6.07 Å². The summed E-state index contributed by atoms with van der Waals surface area (Å²) in [5, 5.41) is 12.2. The maximum absolute atomic E-state index is 8.91. The summed E-state index contributed by atoms with van der Waals surface area (Å²) in [7, 11) is 0. The standard InChI is InChI=1S/C17H18N4O/c18-12-14-3-1-4-15(11-14)13-22-17-6-2-5-16(20-17)21-9-7-19-8-10-21/h1-6,11,19H,7-10,13H2. The number of ether oxygens (including phenoxy) is 1. The second-order valence-corrected chi connectivity index (χ2v) is 5.17. The highest BCUT2D eigenvalue weighted by atomic mass is 16.5. The largest absolute Gasteiger partial charge is 0.473 e. The topological polar surface area (TPSA) is 61.2 Å². The third-order valence-corrected chi connectivity index (χ3v) is 3.59. The van der Waals surface area contributed by atoms with E-state index in [0.717, 1.165) is 37.6 Å². The lowest BCUT2D eigenvalue weighted by molar-refractivity contribution is 0.294. The summed E-state index contributed by atoms with van der Waals surface area (Å²) >= 11 is 0. The zero-order valence-corrected chi connectivity index (χ0v) is 12.3. The molecule has 1 N–H and O–H groups in total. The molecule has 22 heavy (non-hydrogen) atoms. The zero-order chi connectivity index (χ0) is 15.2. The third-order valence-electron chi connectivity index (χ3n) is 3.59. The van der Waals surface area contributed by atoms with E-state index in [1.807, 2.05) is 36.4 Å². The highest BCUT2D eigenvalue weighted by Gasteiger charge is 2.12. The van der Waals surface area contributed by atoms with Gasteiger partial charge in [-0.3, -0.25) is 0 Å². The van der Waals surface area contributed by atoms with Crippen molar-refractivity contribution in [2.75, 3.05) is 31.1 Å². The number of nitrogens with one attached hydrogen (secondary N) is 1. The average Bonchev–Trinajstić information content (AvgIpc) is 2.61. The minimum absolute atomic E-state index is 0.410. The van der Waals surface area contributed by atoms with Crippen LogP contribution >= 0.6 is 0 Å². The normalized spacial score (nSPS) is 14.4. The first-order chi connectivity index (χ1) is 10.8. The van der Waals surface area contributed by atoms with Crippen LogP contribution in [0.25, 0.3) is 0 Å². The van der Waals surface area contributed by atoms with Crippen molar-refractivity contribution in [3.63, 3.8) is 0 Å². The van der Waals surface area contributed by atoms with Crippen LogP contribution < -0.4 is 15.0 Å². The molecular weight excluding hydrogens is 276 g/mol. The first kappa shape index (κ1) is 14.4. The van der Waals surface area contributed by atoms with Crippen LogP contribution in [0.3, 0.4) is 0 Å². The number of hydrogen-bond acceptors (Lipinski definition) is 5. The van der Waals surface area contributed by atoms with Gasteiger partial charge < -0.3 is 15.0 Å². The number of nitrogens with zero attached hydrogens (tertiary/aromatic N) is 3. The highest BCUT2D eigenvalue weighted by molar-refractivity contribution is 5.41. The molecular formula is C17H18N4O. The molecule has 0 spiro atoms. The molecule has 0 radical (unpaired) electrons. The summed E-state index contributed by atoms with van der Waals surface area (Å²) in [5.41, 5.74) is 1.61. The predicted octanol–water partition coefficient (Wildman–Crippen LogP) is 1.94. The van der Waals surface area contributed by atoms with E-state index >= 15 is 0 Å². The molecule has 1 saturated heterocycles. The highest BCUT2D eigenvalue weighted by Crippen LogP contribution is 2.17. The predicted molar refractivity (Wildman–Crippen MR) is 84.8 cm³/mol. The zero-order valence-electron chi connectivity index (χ0n) is 12.3. The average molecular weight is 294 g/mol. The molecule has 2 heterocycles. The fraction of sp³-hybridized carbons (Fsp3) is 0.294. The van der Waals surface area contributed by atoms with Gasteiger partial charge in [0, 0.05) is 32.2 Å². The molecule has 0 aliphatic carbocycles. The van der Waals surface area contributed by atoms with Gasteiger partial charge in [-0.2, -0.15) is 10.2 Å². The van der Waals surface area contributed by atoms with E-state index in [-0.39, 0.29) is 0 Å². The monoisotopic (exact) mass is 294 g/mol. The fourth-order valence-corrected chi connectivity index (χ4v) is 2.44. The first-order valence-electron chi connectivity index (χ1n) is 7.40. The molecule has 0 saturated carbocycles. The van der Waals surface area contributed by atoms with Crippen LogP contribution in [-0.4, -0.2) is 31.2 Å². The van der Waals surface area contributed by atoms with Gasteiger partial charge >= 0.3 is 0 Å². The van der Waals surface area contributed by atoms with Crippen molar-refractivity contribution in [2.24, 2.45) is 0 Å². The van der Waals surface area contributed by atoms with E-state index in [0.29, 0.717) is 18.1 Å². The van der Waals surface area contributed by atoms with Gasteiger partial charge in [-0.05, 0) is 23.8 Å². The van der Waals surface area contributed by atoms with Crippen LogP contribution in [0.4, 0.5) is 5.82 Å². The molecule has 0 unspecified atom stereocenters. The van der Waals surface area contributed by atoms with E-state index in [9.17, 15) is 0 Å². The number of hydrogen-bond donors (Lipinski definition) is 1. The Morgan fingerprint density at radius 3 is 2.82 bits per heavy atom. The van der Waals surface area contributed by atoms with E-state index in [2.05, 4.69) is 21.3 Å². The van der Waals surface area contributed by atoms with E-state index < -0.39 is 0 Å². The molecule has 5 heteroatoms. The number of piperazine rings is 1. The Labute approximate surface area is 130 Å². The lowest BCUT2D eigenvalue weighted by Gasteiger charge is -2.28.